The second-order valence-electron chi connectivity index (χ2n) is 7.13. The number of tetrazole rings is 1. The molecule has 0 unspecified atom stereocenters. The van der Waals surface area contributed by atoms with Crippen LogP contribution in [0, 0.1) is 0 Å². The first-order valence-electron chi connectivity index (χ1n) is 10.4. The molecule has 0 saturated carbocycles. The van der Waals surface area contributed by atoms with E-state index in [1.807, 2.05) is 78.9 Å². The van der Waals surface area contributed by atoms with Crippen molar-refractivity contribution in [3.05, 3.63) is 95.0 Å². The zero-order valence-electron chi connectivity index (χ0n) is 17.9. The zero-order chi connectivity index (χ0) is 22.0. The summed E-state index contributed by atoms with van der Waals surface area (Å²) < 4.78 is 7.60. The lowest BCUT2D eigenvalue weighted by molar-refractivity contribution is 0.306. The van der Waals surface area contributed by atoms with E-state index in [0.717, 1.165) is 47.2 Å². The lowest BCUT2D eigenvalue weighted by Crippen LogP contribution is -2.15. The molecule has 0 saturated heterocycles. The fraction of sp³-hybridized carbons (Fsp3) is 0.208. The van der Waals surface area contributed by atoms with Crippen LogP contribution in [-0.4, -0.2) is 32.5 Å². The van der Waals surface area contributed by atoms with E-state index < -0.39 is 0 Å². The molecule has 4 aromatic rings. The molecule has 4 rings (SSSR count). The van der Waals surface area contributed by atoms with Crippen molar-refractivity contribution in [1.29, 1.82) is 0 Å². The number of rotatable bonds is 11. The second-order valence-corrected chi connectivity index (χ2v) is 8.60. The van der Waals surface area contributed by atoms with Gasteiger partial charge in [-0.2, -0.15) is 4.68 Å². The fourth-order valence-electron chi connectivity index (χ4n) is 3.10. The highest BCUT2D eigenvalue weighted by Crippen LogP contribution is 2.26. The number of ether oxygens (including phenoxy) is 1. The van der Waals surface area contributed by atoms with E-state index >= 15 is 0 Å². The van der Waals surface area contributed by atoms with E-state index in [1.165, 1.54) is 0 Å². The SMILES string of the molecule is Cl.Clc1cc(CNCCCSc2nnnn2-c2ccccc2)ccc1OCc1ccccc1. The Morgan fingerprint density at radius 3 is 2.45 bits per heavy atom. The van der Waals surface area contributed by atoms with Crippen LogP contribution in [0.15, 0.2) is 84.0 Å². The first-order chi connectivity index (χ1) is 15.8. The summed E-state index contributed by atoms with van der Waals surface area (Å²) in [5.74, 6) is 1.62. The van der Waals surface area contributed by atoms with Gasteiger partial charge in [0.05, 0.1) is 10.7 Å². The van der Waals surface area contributed by atoms with E-state index in [1.54, 1.807) is 16.4 Å². The van der Waals surface area contributed by atoms with Gasteiger partial charge in [0.15, 0.2) is 0 Å². The molecular weight excluding hydrogens is 477 g/mol. The van der Waals surface area contributed by atoms with Gasteiger partial charge in [-0.05, 0) is 58.8 Å². The Morgan fingerprint density at radius 1 is 0.939 bits per heavy atom. The molecule has 0 fully saturated rings. The van der Waals surface area contributed by atoms with Crippen molar-refractivity contribution in [2.75, 3.05) is 12.3 Å². The van der Waals surface area contributed by atoms with Gasteiger partial charge >= 0.3 is 0 Å². The van der Waals surface area contributed by atoms with Crippen molar-refractivity contribution < 1.29 is 4.74 Å². The molecular formula is C24H25Cl2N5OS. The smallest absolute Gasteiger partial charge is 0.214 e. The Kier molecular flexibility index (Phi) is 10.0. The Labute approximate surface area is 209 Å². The maximum Gasteiger partial charge on any atom is 0.214 e. The topological polar surface area (TPSA) is 64.9 Å². The minimum atomic E-state index is 0. The van der Waals surface area contributed by atoms with E-state index in [4.69, 9.17) is 16.3 Å². The first kappa shape index (κ1) is 25.1. The third kappa shape index (κ3) is 7.47. The highest BCUT2D eigenvalue weighted by molar-refractivity contribution is 7.99. The Morgan fingerprint density at radius 2 is 1.70 bits per heavy atom. The van der Waals surface area contributed by atoms with Crippen LogP contribution in [0.2, 0.25) is 5.02 Å². The summed E-state index contributed by atoms with van der Waals surface area (Å²) in [6.45, 7) is 2.15. The van der Waals surface area contributed by atoms with Gasteiger partial charge in [-0.3, -0.25) is 0 Å². The average molecular weight is 502 g/mol. The molecule has 0 aliphatic heterocycles. The number of aromatic nitrogens is 4. The third-order valence-corrected chi connectivity index (χ3v) is 6.03. The standard InChI is InChI=1S/C24H24ClN5OS.ClH/c25-22-16-20(12-13-23(22)31-18-19-8-3-1-4-9-19)17-26-14-7-15-32-24-27-28-29-30(24)21-10-5-2-6-11-21;/h1-6,8-13,16,26H,7,14-15,17-18H2;1H. The van der Waals surface area contributed by atoms with Gasteiger partial charge in [-0.1, -0.05) is 78.0 Å². The predicted octanol–water partition coefficient (Wildman–Crippen LogP) is 5.59. The number of para-hydroxylation sites is 1. The maximum absolute atomic E-state index is 6.40. The molecule has 9 heteroatoms. The van der Waals surface area contributed by atoms with Crippen molar-refractivity contribution in [3.8, 4) is 11.4 Å². The Balaban J connectivity index is 0.00000306. The molecule has 0 aliphatic rings. The van der Waals surface area contributed by atoms with Gasteiger partial charge in [0.25, 0.3) is 0 Å². The molecule has 0 bridgehead atoms. The van der Waals surface area contributed by atoms with Crippen LogP contribution in [0.3, 0.4) is 0 Å². The molecule has 0 amide bonds. The molecule has 1 N–H and O–H groups in total. The molecule has 3 aromatic carbocycles. The first-order valence-corrected chi connectivity index (χ1v) is 11.8. The number of halogens is 2. The van der Waals surface area contributed by atoms with Crippen LogP contribution in [0.4, 0.5) is 0 Å². The number of hydrogen-bond acceptors (Lipinski definition) is 6. The molecule has 0 atom stereocenters. The van der Waals surface area contributed by atoms with Gasteiger partial charge < -0.3 is 10.1 Å². The van der Waals surface area contributed by atoms with E-state index in [2.05, 4.69) is 20.8 Å². The minimum Gasteiger partial charge on any atom is -0.487 e. The second kappa shape index (κ2) is 13.2. The normalized spacial score (nSPS) is 10.6. The fourth-order valence-corrected chi connectivity index (χ4v) is 4.19. The summed E-state index contributed by atoms with van der Waals surface area (Å²) in [4.78, 5) is 0. The van der Waals surface area contributed by atoms with Crippen molar-refractivity contribution in [2.24, 2.45) is 0 Å². The molecule has 0 spiro atoms. The summed E-state index contributed by atoms with van der Waals surface area (Å²) in [5.41, 5.74) is 3.21. The number of benzene rings is 3. The van der Waals surface area contributed by atoms with Gasteiger partial charge in [0.1, 0.15) is 12.4 Å². The molecule has 6 nitrogen and oxygen atoms in total. The van der Waals surface area contributed by atoms with Gasteiger partial charge in [0.2, 0.25) is 5.16 Å². The van der Waals surface area contributed by atoms with Crippen molar-refractivity contribution in [3.63, 3.8) is 0 Å². The summed E-state index contributed by atoms with van der Waals surface area (Å²) >= 11 is 8.06. The summed E-state index contributed by atoms with van der Waals surface area (Å²) in [7, 11) is 0. The number of nitrogens with zero attached hydrogens (tertiary/aromatic N) is 4. The summed E-state index contributed by atoms with van der Waals surface area (Å²) in [6.07, 6.45) is 0.998. The lowest BCUT2D eigenvalue weighted by Gasteiger charge is -2.10. The number of hydrogen-bond donors (Lipinski definition) is 1. The van der Waals surface area contributed by atoms with Crippen LogP contribution in [0.5, 0.6) is 5.75 Å². The molecule has 1 heterocycles. The Hall–Kier alpha value is -2.58. The van der Waals surface area contributed by atoms with Crippen molar-refractivity contribution >= 4 is 35.8 Å². The molecule has 0 radical (unpaired) electrons. The highest BCUT2D eigenvalue weighted by atomic mass is 35.5. The van der Waals surface area contributed by atoms with Crippen LogP contribution < -0.4 is 10.1 Å². The average Bonchev–Trinajstić information content (AvgIpc) is 3.30. The predicted molar refractivity (Wildman–Crippen MR) is 136 cm³/mol. The quantitative estimate of drug-likeness (QED) is 0.213. The van der Waals surface area contributed by atoms with Gasteiger partial charge in [0, 0.05) is 12.3 Å². The van der Waals surface area contributed by atoms with Crippen LogP contribution in [0.25, 0.3) is 5.69 Å². The Bertz CT molecular complexity index is 1110. The van der Waals surface area contributed by atoms with Crippen molar-refractivity contribution in [1.82, 2.24) is 25.5 Å². The van der Waals surface area contributed by atoms with Crippen LogP contribution in [-0.2, 0) is 13.2 Å². The van der Waals surface area contributed by atoms with Crippen molar-refractivity contribution in [2.45, 2.75) is 24.7 Å². The summed E-state index contributed by atoms with van der Waals surface area (Å²) in [5, 5.41) is 16.9. The van der Waals surface area contributed by atoms with E-state index in [9.17, 15) is 0 Å². The molecule has 0 aliphatic carbocycles. The summed E-state index contributed by atoms with van der Waals surface area (Å²) in [6, 6.07) is 25.9. The van der Waals surface area contributed by atoms with Crippen LogP contribution in [0.1, 0.15) is 17.5 Å². The number of thioether (sulfide) groups is 1. The van der Waals surface area contributed by atoms with E-state index in [0.29, 0.717) is 17.4 Å². The van der Waals surface area contributed by atoms with Gasteiger partial charge in [-0.15, -0.1) is 17.5 Å². The number of nitrogens with one attached hydrogen (secondary N) is 1. The van der Waals surface area contributed by atoms with E-state index in [-0.39, 0.29) is 12.4 Å². The minimum absolute atomic E-state index is 0. The van der Waals surface area contributed by atoms with Crippen LogP contribution >= 0.6 is 35.8 Å². The molecule has 1 aromatic heterocycles. The third-order valence-electron chi connectivity index (χ3n) is 4.73. The largest absolute Gasteiger partial charge is 0.487 e. The zero-order valence-corrected chi connectivity index (χ0v) is 20.3. The molecule has 33 heavy (non-hydrogen) atoms. The maximum atomic E-state index is 6.40. The van der Waals surface area contributed by atoms with Gasteiger partial charge in [-0.25, -0.2) is 0 Å². The monoisotopic (exact) mass is 501 g/mol. The highest BCUT2D eigenvalue weighted by Gasteiger charge is 2.08. The molecule has 172 valence electrons. The lowest BCUT2D eigenvalue weighted by atomic mass is 10.2.